The molecule has 0 spiro atoms. The van der Waals surface area contributed by atoms with Crippen molar-refractivity contribution in [3.63, 3.8) is 0 Å². The van der Waals surface area contributed by atoms with Crippen molar-refractivity contribution < 1.29 is 46.2 Å². The molecule has 2 aromatic rings. The van der Waals surface area contributed by atoms with Crippen LogP contribution in [-0.4, -0.2) is 96.5 Å². The number of amides is 4. The van der Waals surface area contributed by atoms with Crippen LogP contribution in [-0.2, 0) is 29.1 Å². The second kappa shape index (κ2) is 15.8. The number of alkyl carbamates (subject to hydrolysis) is 1. The number of halogens is 1. The van der Waals surface area contributed by atoms with Crippen molar-refractivity contribution in [2.24, 2.45) is 17.8 Å². The molecule has 2 aliphatic carbocycles. The van der Waals surface area contributed by atoms with Crippen LogP contribution in [0.2, 0.25) is 0 Å². The topological polar surface area (TPSA) is 182 Å². The van der Waals surface area contributed by atoms with Crippen molar-refractivity contribution in [1.29, 1.82) is 0 Å². The molecule has 7 atom stereocenters. The van der Waals surface area contributed by atoms with Crippen molar-refractivity contribution in [3.8, 4) is 11.6 Å². The van der Waals surface area contributed by atoms with Gasteiger partial charge in [0.15, 0.2) is 0 Å². The van der Waals surface area contributed by atoms with Crippen LogP contribution in [0.15, 0.2) is 42.6 Å². The zero-order valence-electron chi connectivity index (χ0n) is 32.9. The molecule has 2 saturated carbocycles. The first-order valence-corrected chi connectivity index (χ1v) is 20.9. The molecule has 1 saturated heterocycles. The van der Waals surface area contributed by atoms with Crippen LogP contribution in [0.3, 0.4) is 0 Å². The molecule has 6 rings (SSSR count). The van der Waals surface area contributed by atoms with Gasteiger partial charge in [-0.15, -0.1) is 0 Å². The molecule has 7 unspecified atom stereocenters. The molecule has 0 radical (unpaired) electrons. The second-order valence-corrected chi connectivity index (χ2v) is 18.9. The number of hydrogen-bond acceptors (Lipinski definition) is 10. The zero-order valence-corrected chi connectivity index (χ0v) is 33.7. The first-order valence-electron chi connectivity index (χ1n) is 19.5. The quantitative estimate of drug-likeness (QED) is 0.301. The fourth-order valence-electron chi connectivity index (χ4n) is 7.91. The number of carbonyl (C=O) groups is 4. The van der Waals surface area contributed by atoms with Crippen LogP contribution in [0.5, 0.6) is 11.6 Å². The van der Waals surface area contributed by atoms with Gasteiger partial charge >= 0.3 is 6.09 Å². The van der Waals surface area contributed by atoms with Crippen LogP contribution in [0.4, 0.5) is 9.18 Å². The lowest BCUT2D eigenvalue weighted by Gasteiger charge is -2.34. The van der Waals surface area contributed by atoms with Crippen LogP contribution in [0, 0.1) is 17.8 Å². The Morgan fingerprint density at radius 1 is 1.14 bits per heavy atom. The summed E-state index contributed by atoms with van der Waals surface area (Å²) in [5.74, 6) is -1.97. The predicted molar refractivity (Wildman–Crippen MR) is 206 cm³/mol. The first kappa shape index (κ1) is 41.2. The molecule has 56 heavy (non-hydrogen) atoms. The first-order chi connectivity index (χ1) is 26.4. The highest BCUT2D eigenvalue weighted by atomic mass is 32.2. The molecule has 3 N–H and O–H groups in total. The predicted octanol–water partition coefficient (Wildman–Crippen LogP) is 4.71. The van der Waals surface area contributed by atoms with Gasteiger partial charge in [-0.2, -0.15) is 0 Å². The largest absolute Gasteiger partial charge is 0.497 e. The number of sulfonamides is 1. The minimum atomic E-state index is -4.38. The maximum Gasteiger partial charge on any atom is 0.408 e. The van der Waals surface area contributed by atoms with Crippen molar-refractivity contribution in [2.75, 3.05) is 20.3 Å². The summed E-state index contributed by atoms with van der Waals surface area (Å²) in [5, 5.41) is 7.16. The monoisotopic (exact) mass is 799 g/mol. The van der Waals surface area contributed by atoms with Gasteiger partial charge in [0.1, 0.15) is 46.5 Å². The van der Waals surface area contributed by atoms with Gasteiger partial charge in [0, 0.05) is 23.9 Å². The number of nitrogens with one attached hydrogen (secondary N) is 3. The Balaban J connectivity index is 1.36. The number of aromatic nitrogens is 1. The molecule has 2 aliphatic heterocycles. The van der Waals surface area contributed by atoms with Crippen LogP contribution in [0.1, 0.15) is 86.0 Å². The fourth-order valence-corrected chi connectivity index (χ4v) is 9.34. The summed E-state index contributed by atoms with van der Waals surface area (Å²) in [6, 6.07) is 4.97. The summed E-state index contributed by atoms with van der Waals surface area (Å²) in [5.41, 5.74) is -2.49. The molecule has 16 heteroatoms. The lowest BCUT2D eigenvalue weighted by Crippen LogP contribution is -2.59. The molecule has 14 nitrogen and oxygen atoms in total. The van der Waals surface area contributed by atoms with E-state index in [1.807, 2.05) is 37.3 Å². The van der Waals surface area contributed by atoms with Crippen molar-refractivity contribution >= 4 is 44.6 Å². The van der Waals surface area contributed by atoms with E-state index in [4.69, 9.17) is 14.2 Å². The van der Waals surface area contributed by atoms with E-state index in [0.717, 1.165) is 11.8 Å². The van der Waals surface area contributed by atoms with Gasteiger partial charge < -0.3 is 29.7 Å². The van der Waals surface area contributed by atoms with E-state index in [1.54, 1.807) is 40.1 Å². The molecule has 4 aliphatic rings. The number of ether oxygens (including phenoxy) is 3. The molecular weight excluding hydrogens is 746 g/mol. The number of rotatable bonds is 9. The SMILES string of the molecule is CCC1CC(C)CCC=CC2CC2(C(=O)NS(=O)(=O)C2(CF)CC2)NC(=O)C2CC(Oc3nccc4cc(OC)ccc34)CN2C(=O)C1NC(=O)OC(C)(C)C. The Morgan fingerprint density at radius 2 is 1.89 bits per heavy atom. The Morgan fingerprint density at radius 3 is 2.55 bits per heavy atom. The van der Waals surface area contributed by atoms with Gasteiger partial charge in [0.2, 0.25) is 27.7 Å². The average Bonchev–Trinajstić information content (AvgIpc) is 4.05. The van der Waals surface area contributed by atoms with Gasteiger partial charge in [0.05, 0.1) is 13.7 Å². The van der Waals surface area contributed by atoms with E-state index >= 15 is 0 Å². The fraction of sp³-hybridized carbons (Fsp3) is 0.625. The van der Waals surface area contributed by atoms with E-state index in [-0.39, 0.29) is 49.9 Å². The zero-order chi connectivity index (χ0) is 40.6. The van der Waals surface area contributed by atoms with Gasteiger partial charge in [0.25, 0.3) is 5.91 Å². The summed E-state index contributed by atoms with van der Waals surface area (Å²) in [6.45, 7) is 8.00. The number of benzene rings is 1. The van der Waals surface area contributed by atoms with Gasteiger partial charge in [-0.05, 0) is 101 Å². The molecule has 4 amide bonds. The number of allylic oxidation sites excluding steroid dienone is 1. The smallest absolute Gasteiger partial charge is 0.408 e. The number of carbonyl (C=O) groups excluding carboxylic acids is 4. The molecule has 3 heterocycles. The average molecular weight is 800 g/mol. The second-order valence-electron chi connectivity index (χ2n) is 16.8. The van der Waals surface area contributed by atoms with Crippen molar-refractivity contribution in [3.05, 3.63) is 42.6 Å². The third-order valence-electron chi connectivity index (χ3n) is 11.5. The van der Waals surface area contributed by atoms with Crippen LogP contribution in [0.25, 0.3) is 10.8 Å². The van der Waals surface area contributed by atoms with E-state index in [9.17, 15) is 32.0 Å². The normalized spacial score (nSPS) is 29.2. The highest BCUT2D eigenvalue weighted by Crippen LogP contribution is 2.48. The standard InChI is InChI=1S/C40H54FN5O9S/c1-7-25-18-24(2)10-8-9-11-27-21-40(27,36(49)45-56(51,52)39(23-41)15-16-39)44-33(47)31-20-29(22-46(31)35(48)32(25)43-37(50)55-38(3,4)5)54-34-30-13-12-28(53-6)19-26(30)14-17-42-34/h9,11-14,17,19,24-25,27,29,31-32H,7-8,10,15-16,18,20-23H2,1-6H3,(H,43,50)(H,44,47)(H,45,49). The Labute approximate surface area is 327 Å². The molecule has 3 fully saturated rings. The van der Waals surface area contributed by atoms with E-state index < -0.39 is 80.5 Å². The number of pyridine rings is 1. The van der Waals surface area contributed by atoms with Crippen molar-refractivity contribution in [2.45, 2.75) is 120 Å². The van der Waals surface area contributed by atoms with Gasteiger partial charge in [-0.3, -0.25) is 19.1 Å². The number of hydrogen-bond donors (Lipinski definition) is 3. The highest BCUT2D eigenvalue weighted by Gasteiger charge is 2.64. The van der Waals surface area contributed by atoms with Crippen LogP contribution >= 0.6 is 0 Å². The minimum Gasteiger partial charge on any atom is -0.497 e. The Hall–Kier alpha value is -4.47. The van der Waals surface area contributed by atoms with E-state index in [0.29, 0.717) is 30.4 Å². The summed E-state index contributed by atoms with van der Waals surface area (Å²) in [7, 11) is -2.82. The molecule has 1 aromatic carbocycles. The molecule has 1 aromatic heterocycles. The van der Waals surface area contributed by atoms with Gasteiger partial charge in [-0.25, -0.2) is 22.6 Å². The third kappa shape index (κ3) is 8.59. The number of alkyl halides is 1. The minimum absolute atomic E-state index is 0.000383. The molecule has 0 bridgehead atoms. The maximum absolute atomic E-state index is 14.9. The lowest BCUT2D eigenvalue weighted by atomic mass is 9.85. The summed E-state index contributed by atoms with van der Waals surface area (Å²) < 4.78 is 58.1. The van der Waals surface area contributed by atoms with Crippen molar-refractivity contribution in [1.82, 2.24) is 25.2 Å². The maximum atomic E-state index is 14.9. The highest BCUT2D eigenvalue weighted by molar-refractivity contribution is 7.91. The third-order valence-corrected chi connectivity index (χ3v) is 13.6. The van der Waals surface area contributed by atoms with Crippen LogP contribution < -0.4 is 24.8 Å². The van der Waals surface area contributed by atoms with E-state index in [1.165, 1.54) is 4.90 Å². The Kier molecular flexibility index (Phi) is 11.6. The molecular formula is C40H54FN5O9S. The van der Waals surface area contributed by atoms with E-state index in [2.05, 4.69) is 27.3 Å². The Bertz CT molecular complexity index is 1980. The summed E-state index contributed by atoms with van der Waals surface area (Å²) in [4.78, 5) is 62.5. The number of methoxy groups -OCH3 is 1. The lowest BCUT2D eigenvalue weighted by molar-refractivity contribution is -0.142. The summed E-state index contributed by atoms with van der Waals surface area (Å²) >= 11 is 0. The van der Waals surface area contributed by atoms with Gasteiger partial charge in [-0.1, -0.05) is 32.4 Å². The summed E-state index contributed by atoms with van der Waals surface area (Å²) in [6.07, 6.45) is 6.59. The number of nitrogens with zero attached hydrogens (tertiary/aromatic N) is 2. The number of fused-ring (bicyclic) bond motifs is 3. The molecule has 306 valence electrons.